The molecule has 1 N–H and O–H groups in total. The van der Waals surface area contributed by atoms with Gasteiger partial charge in [-0.3, -0.25) is 4.79 Å². The van der Waals surface area contributed by atoms with E-state index in [4.69, 9.17) is 9.47 Å². The number of ether oxygens (including phenoxy) is 2. The molecule has 0 fully saturated rings. The molecule has 1 rings (SSSR count). The van der Waals surface area contributed by atoms with Crippen LogP contribution in [0.15, 0.2) is 12.1 Å². The molecule has 118 valence electrons. The van der Waals surface area contributed by atoms with Crippen LogP contribution in [0, 0.1) is 6.92 Å². The van der Waals surface area contributed by atoms with Crippen molar-refractivity contribution in [2.45, 2.75) is 53.5 Å². The molecule has 0 spiro atoms. The molecule has 0 radical (unpaired) electrons. The number of benzene rings is 1. The predicted molar refractivity (Wildman–Crippen MR) is 85.0 cm³/mol. The highest BCUT2D eigenvalue weighted by Crippen LogP contribution is 2.32. The van der Waals surface area contributed by atoms with Crippen LogP contribution in [0.4, 0.5) is 0 Å². The van der Waals surface area contributed by atoms with E-state index in [1.54, 1.807) is 0 Å². The van der Waals surface area contributed by atoms with Crippen LogP contribution in [-0.4, -0.2) is 19.1 Å². The third kappa shape index (κ3) is 4.96. The van der Waals surface area contributed by atoms with Crippen LogP contribution in [-0.2, 0) is 4.79 Å². The maximum Gasteiger partial charge on any atom is 0.220 e. The zero-order chi connectivity index (χ0) is 15.8. The van der Waals surface area contributed by atoms with Gasteiger partial charge in [0, 0.05) is 12.0 Å². The van der Waals surface area contributed by atoms with Crippen LogP contribution in [0.2, 0.25) is 0 Å². The number of hydrogen-bond acceptors (Lipinski definition) is 3. The Morgan fingerprint density at radius 2 is 1.67 bits per heavy atom. The molecule has 1 amide bonds. The average molecular weight is 293 g/mol. The van der Waals surface area contributed by atoms with Crippen molar-refractivity contribution in [3.05, 3.63) is 23.3 Å². The zero-order valence-electron chi connectivity index (χ0n) is 13.8. The third-order valence-corrected chi connectivity index (χ3v) is 3.29. The number of carbonyl (C=O) groups is 1. The Kier molecular flexibility index (Phi) is 7.06. The van der Waals surface area contributed by atoms with E-state index in [-0.39, 0.29) is 11.9 Å². The van der Waals surface area contributed by atoms with Crippen molar-refractivity contribution in [2.75, 3.05) is 13.2 Å². The first-order valence-electron chi connectivity index (χ1n) is 7.72. The summed E-state index contributed by atoms with van der Waals surface area (Å²) in [7, 11) is 0. The third-order valence-electron chi connectivity index (χ3n) is 3.29. The van der Waals surface area contributed by atoms with E-state index in [9.17, 15) is 4.79 Å². The second kappa shape index (κ2) is 8.55. The molecule has 4 nitrogen and oxygen atoms in total. The summed E-state index contributed by atoms with van der Waals surface area (Å²) in [6.07, 6.45) is 1.40. The summed E-state index contributed by atoms with van der Waals surface area (Å²) in [5, 5.41) is 3.01. The number of hydrogen-bond donors (Lipinski definition) is 1. The molecule has 0 unspecified atom stereocenters. The second-order valence-corrected chi connectivity index (χ2v) is 5.05. The van der Waals surface area contributed by atoms with E-state index in [1.807, 2.05) is 46.8 Å². The highest BCUT2D eigenvalue weighted by molar-refractivity contribution is 5.76. The minimum Gasteiger partial charge on any atom is -0.493 e. The molecule has 1 aromatic carbocycles. The van der Waals surface area contributed by atoms with Gasteiger partial charge in [-0.15, -0.1) is 0 Å². The molecule has 0 aliphatic heterocycles. The van der Waals surface area contributed by atoms with Gasteiger partial charge in [0.2, 0.25) is 5.91 Å². The summed E-state index contributed by atoms with van der Waals surface area (Å²) in [6.45, 7) is 11.1. The highest BCUT2D eigenvalue weighted by Gasteiger charge is 2.15. The molecule has 0 bridgehead atoms. The Bertz CT molecular complexity index is 444. The quantitative estimate of drug-likeness (QED) is 0.793. The molecule has 0 heterocycles. The molecule has 0 saturated carbocycles. The van der Waals surface area contributed by atoms with Crippen LogP contribution in [0.5, 0.6) is 11.5 Å². The minimum atomic E-state index is -0.0666. The number of nitrogens with one attached hydrogen (secondary N) is 1. The molecule has 21 heavy (non-hydrogen) atoms. The lowest BCUT2D eigenvalue weighted by Gasteiger charge is -2.19. The van der Waals surface area contributed by atoms with Crippen molar-refractivity contribution in [2.24, 2.45) is 0 Å². The predicted octanol–water partition coefficient (Wildman–Crippen LogP) is 3.77. The lowest BCUT2D eigenvalue weighted by molar-refractivity contribution is -0.121. The molecule has 1 aromatic rings. The standard InChI is InChI=1S/C17H27NO3/c1-6-9-17(19)18-13(5)14-10-15(20-7-2)12(4)16(11-14)21-8-3/h10-11,13H,6-9H2,1-5H3,(H,18,19)/t13-/m1/s1. The Balaban J connectivity index is 3.02. The second-order valence-electron chi connectivity index (χ2n) is 5.05. The molecule has 0 saturated heterocycles. The van der Waals surface area contributed by atoms with Gasteiger partial charge in [0.15, 0.2) is 0 Å². The highest BCUT2D eigenvalue weighted by atomic mass is 16.5. The summed E-state index contributed by atoms with van der Waals surface area (Å²) < 4.78 is 11.3. The van der Waals surface area contributed by atoms with Gasteiger partial charge in [0.25, 0.3) is 0 Å². The smallest absolute Gasteiger partial charge is 0.220 e. The average Bonchev–Trinajstić information content (AvgIpc) is 2.43. The molecule has 0 aromatic heterocycles. The molecule has 0 aliphatic carbocycles. The van der Waals surface area contributed by atoms with E-state index in [1.165, 1.54) is 0 Å². The first-order valence-corrected chi connectivity index (χ1v) is 7.72. The monoisotopic (exact) mass is 293 g/mol. The summed E-state index contributed by atoms with van der Waals surface area (Å²) in [4.78, 5) is 11.7. The lowest BCUT2D eigenvalue weighted by Crippen LogP contribution is -2.26. The van der Waals surface area contributed by atoms with Crippen LogP contribution < -0.4 is 14.8 Å². The minimum absolute atomic E-state index is 0.0666. The van der Waals surface area contributed by atoms with E-state index in [0.717, 1.165) is 29.0 Å². The van der Waals surface area contributed by atoms with Gasteiger partial charge in [-0.2, -0.15) is 0 Å². The van der Waals surface area contributed by atoms with Crippen molar-refractivity contribution < 1.29 is 14.3 Å². The Morgan fingerprint density at radius 1 is 1.14 bits per heavy atom. The molecule has 4 heteroatoms. The van der Waals surface area contributed by atoms with Crippen LogP contribution in [0.3, 0.4) is 0 Å². The summed E-state index contributed by atoms with van der Waals surface area (Å²) >= 11 is 0. The van der Waals surface area contributed by atoms with Crippen LogP contribution in [0.25, 0.3) is 0 Å². The number of carbonyl (C=O) groups excluding carboxylic acids is 1. The first-order chi connectivity index (χ1) is 10.0. The molecule has 0 aliphatic rings. The van der Waals surface area contributed by atoms with Gasteiger partial charge in [-0.1, -0.05) is 6.92 Å². The van der Waals surface area contributed by atoms with Gasteiger partial charge in [-0.25, -0.2) is 0 Å². The SMILES string of the molecule is CCCC(=O)N[C@H](C)c1cc(OCC)c(C)c(OCC)c1. The Morgan fingerprint density at radius 3 is 2.10 bits per heavy atom. The molecule has 1 atom stereocenters. The summed E-state index contributed by atoms with van der Waals surface area (Å²) in [5.74, 6) is 1.70. The fourth-order valence-corrected chi connectivity index (χ4v) is 2.17. The number of rotatable bonds is 8. The van der Waals surface area contributed by atoms with Gasteiger partial charge >= 0.3 is 0 Å². The van der Waals surface area contributed by atoms with Crippen molar-refractivity contribution >= 4 is 5.91 Å². The maximum atomic E-state index is 11.7. The van der Waals surface area contributed by atoms with Crippen molar-refractivity contribution in [3.63, 3.8) is 0 Å². The van der Waals surface area contributed by atoms with Crippen molar-refractivity contribution in [1.29, 1.82) is 0 Å². The van der Waals surface area contributed by atoms with Gasteiger partial charge < -0.3 is 14.8 Å². The maximum absolute atomic E-state index is 11.7. The zero-order valence-corrected chi connectivity index (χ0v) is 13.8. The summed E-state index contributed by atoms with van der Waals surface area (Å²) in [6, 6.07) is 3.90. The largest absolute Gasteiger partial charge is 0.493 e. The van der Waals surface area contributed by atoms with E-state index >= 15 is 0 Å². The Labute approximate surface area is 127 Å². The molecular formula is C17H27NO3. The van der Waals surface area contributed by atoms with Gasteiger partial charge in [0.05, 0.1) is 19.3 Å². The van der Waals surface area contributed by atoms with Crippen molar-refractivity contribution in [1.82, 2.24) is 5.32 Å². The van der Waals surface area contributed by atoms with E-state index < -0.39 is 0 Å². The van der Waals surface area contributed by atoms with Crippen LogP contribution in [0.1, 0.15) is 57.7 Å². The van der Waals surface area contributed by atoms with Gasteiger partial charge in [0.1, 0.15) is 11.5 Å². The summed E-state index contributed by atoms with van der Waals surface area (Å²) in [5.41, 5.74) is 1.99. The first kappa shape index (κ1) is 17.3. The fourth-order valence-electron chi connectivity index (χ4n) is 2.17. The van der Waals surface area contributed by atoms with E-state index in [2.05, 4.69) is 5.32 Å². The number of amides is 1. The normalized spacial score (nSPS) is 11.9. The van der Waals surface area contributed by atoms with Gasteiger partial charge in [-0.05, 0) is 51.8 Å². The van der Waals surface area contributed by atoms with Crippen LogP contribution >= 0.6 is 0 Å². The van der Waals surface area contributed by atoms with Crippen molar-refractivity contribution in [3.8, 4) is 11.5 Å². The Hall–Kier alpha value is -1.71. The lowest BCUT2D eigenvalue weighted by atomic mass is 10.0. The fraction of sp³-hybridized carbons (Fsp3) is 0.588. The topological polar surface area (TPSA) is 47.6 Å². The molecular weight excluding hydrogens is 266 g/mol. The van der Waals surface area contributed by atoms with E-state index in [0.29, 0.717) is 19.6 Å².